The molecular weight excluding hydrogens is 534 g/mol. The zero-order valence-corrected chi connectivity index (χ0v) is 24.8. The van der Waals surface area contributed by atoms with Crippen molar-refractivity contribution in [3.63, 3.8) is 0 Å². The van der Waals surface area contributed by atoms with Crippen molar-refractivity contribution in [1.29, 1.82) is 0 Å². The lowest BCUT2D eigenvalue weighted by Gasteiger charge is -2.40. The van der Waals surface area contributed by atoms with Crippen molar-refractivity contribution in [3.8, 4) is 16.8 Å². The van der Waals surface area contributed by atoms with Crippen molar-refractivity contribution in [2.45, 2.75) is 25.4 Å². The molecule has 0 amide bonds. The fourth-order valence-corrected chi connectivity index (χ4v) is 7.41. The summed E-state index contributed by atoms with van der Waals surface area (Å²) in [7, 11) is 0. The smallest absolute Gasteiger partial charge is 0.154 e. The highest BCUT2D eigenvalue weighted by Gasteiger charge is 2.36. The molecule has 210 valence electrons. The summed E-state index contributed by atoms with van der Waals surface area (Å²) in [6.45, 7) is 4.71. The summed E-state index contributed by atoms with van der Waals surface area (Å²) in [5.41, 5.74) is 12.5. The Morgan fingerprint density at radius 2 is 1.20 bits per heavy atom. The van der Waals surface area contributed by atoms with Crippen LogP contribution in [0.1, 0.15) is 42.3 Å². The number of anilines is 1. The van der Waals surface area contributed by atoms with E-state index >= 15 is 0 Å². The number of rotatable bonds is 4. The predicted octanol–water partition coefficient (Wildman–Crippen LogP) is 10.1. The Labute approximate surface area is 257 Å². The van der Waals surface area contributed by atoms with Gasteiger partial charge in [0.1, 0.15) is 5.84 Å². The number of hydrogen-bond acceptors (Lipinski definition) is 2. The van der Waals surface area contributed by atoms with Crippen LogP contribution in [-0.4, -0.2) is 10.4 Å². The Balaban J connectivity index is 1.19. The van der Waals surface area contributed by atoms with E-state index in [1.54, 1.807) is 0 Å². The molecule has 6 aromatic carbocycles. The molecule has 1 aliphatic heterocycles. The quantitative estimate of drug-likeness (QED) is 0.208. The molecule has 1 aliphatic carbocycles. The second kappa shape index (κ2) is 9.29. The van der Waals surface area contributed by atoms with Gasteiger partial charge in [-0.05, 0) is 70.3 Å². The highest BCUT2D eigenvalue weighted by Crippen LogP contribution is 2.51. The van der Waals surface area contributed by atoms with Crippen LogP contribution in [0.3, 0.4) is 0 Å². The first kappa shape index (κ1) is 25.1. The fraction of sp³-hybridized carbons (Fsp3) is 0.0976. The minimum atomic E-state index is -0.0449. The Morgan fingerprint density at radius 1 is 0.545 bits per heavy atom. The molecule has 2 aliphatic rings. The maximum Gasteiger partial charge on any atom is 0.154 e. The molecule has 0 fully saturated rings. The summed E-state index contributed by atoms with van der Waals surface area (Å²) in [5.74, 6) is 1.00. The van der Waals surface area contributed by atoms with Gasteiger partial charge in [0.2, 0.25) is 0 Å². The van der Waals surface area contributed by atoms with Crippen LogP contribution in [0.2, 0.25) is 0 Å². The molecule has 0 bridgehead atoms. The van der Waals surface area contributed by atoms with E-state index in [1.807, 2.05) is 0 Å². The first-order valence-electron chi connectivity index (χ1n) is 15.3. The summed E-state index contributed by atoms with van der Waals surface area (Å²) in [6.07, 6.45) is -0.0449. The van der Waals surface area contributed by atoms with Gasteiger partial charge >= 0.3 is 0 Å². The molecule has 2 heterocycles. The molecule has 1 aromatic heterocycles. The largest absolute Gasteiger partial charge is 0.309 e. The van der Waals surface area contributed by atoms with Crippen molar-refractivity contribution >= 4 is 33.3 Å². The lowest BCUT2D eigenvalue weighted by atomic mass is 9.82. The van der Waals surface area contributed by atoms with Crippen molar-refractivity contribution in [2.75, 3.05) is 4.90 Å². The number of nitrogens with zero attached hydrogens (tertiary/aromatic N) is 3. The Kier molecular flexibility index (Phi) is 5.31. The molecule has 0 N–H and O–H groups in total. The molecule has 0 saturated heterocycles. The first-order valence-corrected chi connectivity index (χ1v) is 15.3. The van der Waals surface area contributed by atoms with Crippen LogP contribution in [0, 0.1) is 0 Å². The molecule has 9 rings (SSSR count). The zero-order chi connectivity index (χ0) is 29.4. The summed E-state index contributed by atoms with van der Waals surface area (Å²) in [4.78, 5) is 7.43. The lowest BCUT2D eigenvalue weighted by molar-refractivity contribution is 0.661. The van der Waals surface area contributed by atoms with Crippen LogP contribution in [-0.2, 0) is 5.41 Å². The number of benzene rings is 6. The van der Waals surface area contributed by atoms with Crippen LogP contribution in [0.4, 0.5) is 5.69 Å². The first-order chi connectivity index (χ1) is 21.6. The number of para-hydroxylation sites is 1. The number of fused-ring (bicyclic) bond motifs is 6. The van der Waals surface area contributed by atoms with E-state index in [9.17, 15) is 0 Å². The molecular formula is C41H31N3. The van der Waals surface area contributed by atoms with Gasteiger partial charge in [-0.3, -0.25) is 4.90 Å². The van der Waals surface area contributed by atoms with Gasteiger partial charge in [0, 0.05) is 33.1 Å². The van der Waals surface area contributed by atoms with E-state index in [-0.39, 0.29) is 11.6 Å². The number of amidine groups is 1. The summed E-state index contributed by atoms with van der Waals surface area (Å²) in [5, 5.41) is 2.58. The van der Waals surface area contributed by atoms with Crippen LogP contribution >= 0.6 is 0 Å². The number of hydrogen-bond donors (Lipinski definition) is 0. The second-order valence-electron chi connectivity index (χ2n) is 12.4. The molecule has 0 radical (unpaired) electrons. The summed E-state index contributed by atoms with van der Waals surface area (Å²) in [6, 6.07) is 52.6. The van der Waals surface area contributed by atoms with Crippen molar-refractivity contribution in [3.05, 3.63) is 168 Å². The molecule has 1 atom stereocenters. The van der Waals surface area contributed by atoms with E-state index in [0.717, 1.165) is 22.8 Å². The highest BCUT2D eigenvalue weighted by atomic mass is 15.4. The minimum absolute atomic E-state index is 0.0322. The van der Waals surface area contributed by atoms with Crippen molar-refractivity contribution < 1.29 is 0 Å². The third-order valence-corrected chi connectivity index (χ3v) is 9.61. The SMILES string of the molecule is CC1(C)c2ccccc2-c2cc3c(cc21)c1ccccc1n3-c1ccc(N2C(c3ccccc3)=NC2c2ccccc2)cc1. The zero-order valence-electron chi connectivity index (χ0n) is 24.8. The fourth-order valence-electron chi connectivity index (χ4n) is 7.41. The molecule has 0 saturated carbocycles. The maximum absolute atomic E-state index is 5.07. The molecule has 7 aromatic rings. The van der Waals surface area contributed by atoms with Gasteiger partial charge in [-0.15, -0.1) is 0 Å². The lowest BCUT2D eigenvalue weighted by Crippen LogP contribution is -2.43. The van der Waals surface area contributed by atoms with Crippen LogP contribution < -0.4 is 4.90 Å². The number of aromatic nitrogens is 1. The maximum atomic E-state index is 5.07. The summed E-state index contributed by atoms with van der Waals surface area (Å²) >= 11 is 0. The van der Waals surface area contributed by atoms with Gasteiger partial charge in [0.05, 0.1) is 11.0 Å². The van der Waals surface area contributed by atoms with E-state index in [0.29, 0.717) is 0 Å². The third kappa shape index (κ3) is 3.53. The molecule has 0 spiro atoms. The Morgan fingerprint density at radius 3 is 2.00 bits per heavy atom. The van der Waals surface area contributed by atoms with Gasteiger partial charge in [-0.1, -0.05) is 117 Å². The van der Waals surface area contributed by atoms with Gasteiger partial charge < -0.3 is 4.57 Å². The highest BCUT2D eigenvalue weighted by molar-refractivity contribution is 6.14. The topological polar surface area (TPSA) is 20.5 Å². The van der Waals surface area contributed by atoms with Crippen LogP contribution in [0.25, 0.3) is 38.6 Å². The normalized spacial score (nSPS) is 16.5. The van der Waals surface area contributed by atoms with E-state index in [4.69, 9.17) is 4.99 Å². The monoisotopic (exact) mass is 565 g/mol. The van der Waals surface area contributed by atoms with Gasteiger partial charge in [-0.2, -0.15) is 0 Å². The Hall–Kier alpha value is -5.41. The number of aliphatic imine (C=N–C) groups is 1. The molecule has 44 heavy (non-hydrogen) atoms. The van der Waals surface area contributed by atoms with E-state index < -0.39 is 0 Å². The van der Waals surface area contributed by atoms with E-state index in [1.165, 1.54) is 49.6 Å². The van der Waals surface area contributed by atoms with Crippen molar-refractivity contribution in [1.82, 2.24) is 4.57 Å². The van der Waals surface area contributed by atoms with Crippen LogP contribution in [0.5, 0.6) is 0 Å². The average molecular weight is 566 g/mol. The van der Waals surface area contributed by atoms with E-state index in [2.05, 4.69) is 169 Å². The summed E-state index contributed by atoms with van der Waals surface area (Å²) < 4.78 is 2.43. The molecule has 3 nitrogen and oxygen atoms in total. The van der Waals surface area contributed by atoms with Crippen molar-refractivity contribution in [2.24, 2.45) is 4.99 Å². The van der Waals surface area contributed by atoms with Crippen LogP contribution in [0.15, 0.2) is 151 Å². The predicted molar refractivity (Wildman–Crippen MR) is 183 cm³/mol. The second-order valence-corrected chi connectivity index (χ2v) is 12.4. The standard InChI is InChI=1S/C41H31N3/c1-41(2)35-19-11-9-17-31(35)33-26-38-34(25-36(33)41)32-18-10-12-20-37(32)43(38)29-21-23-30(24-22-29)44-39(27-13-5-3-6-14-27)42-40(44)28-15-7-4-8-16-28/h3-26,39H,1-2H3. The molecule has 3 heteroatoms. The third-order valence-electron chi connectivity index (χ3n) is 9.61. The van der Waals surface area contributed by atoms with Gasteiger partial charge in [0.25, 0.3) is 0 Å². The average Bonchev–Trinajstić information content (AvgIpc) is 3.49. The minimum Gasteiger partial charge on any atom is -0.309 e. The van der Waals surface area contributed by atoms with Gasteiger partial charge in [-0.25, -0.2) is 4.99 Å². The van der Waals surface area contributed by atoms with Gasteiger partial charge in [0.15, 0.2) is 6.17 Å². The Bertz CT molecular complexity index is 2240. The molecule has 1 unspecified atom stereocenters.